The number of rotatable bonds is 14. The SMILES string of the molecule is CCCCCOc1ccc(-c2ccc(CCC3CCC(OC(=O)[C@@H](F)CCCC)CC3)cc2)cc1. The van der Waals surface area contributed by atoms with Gasteiger partial charge in [-0.3, -0.25) is 0 Å². The number of hydrogen-bond donors (Lipinski definition) is 0. The molecule has 0 spiro atoms. The zero-order valence-corrected chi connectivity index (χ0v) is 21.6. The molecule has 1 fully saturated rings. The standard InChI is InChI=1S/C31H43FO3/c1-3-5-7-23-34-28-21-17-27(18-22-28)26-15-11-24(12-16-26)9-10-25-13-19-29(20-14-25)35-31(33)30(32)8-6-4-2/h11-12,15-18,21-22,25,29-30H,3-10,13-14,19-20,23H2,1-2H3/t25?,29?,30-/m0/s1. The van der Waals surface area contributed by atoms with Gasteiger partial charge in [-0.25, -0.2) is 9.18 Å². The van der Waals surface area contributed by atoms with Crippen molar-refractivity contribution in [2.24, 2.45) is 5.92 Å². The van der Waals surface area contributed by atoms with Gasteiger partial charge >= 0.3 is 5.97 Å². The summed E-state index contributed by atoms with van der Waals surface area (Å²) in [5.41, 5.74) is 3.78. The Morgan fingerprint density at radius 2 is 1.51 bits per heavy atom. The van der Waals surface area contributed by atoms with Crippen LogP contribution in [0.3, 0.4) is 0 Å². The number of halogens is 1. The quantitative estimate of drug-likeness (QED) is 0.200. The van der Waals surface area contributed by atoms with E-state index in [4.69, 9.17) is 9.47 Å². The highest BCUT2D eigenvalue weighted by Gasteiger charge is 2.27. The fraction of sp³-hybridized carbons (Fsp3) is 0.581. The molecule has 2 aromatic carbocycles. The van der Waals surface area contributed by atoms with E-state index in [1.54, 1.807) is 0 Å². The average molecular weight is 483 g/mol. The lowest BCUT2D eigenvalue weighted by molar-refractivity contribution is -0.157. The zero-order valence-electron chi connectivity index (χ0n) is 21.6. The molecule has 0 aromatic heterocycles. The van der Waals surface area contributed by atoms with E-state index < -0.39 is 12.1 Å². The van der Waals surface area contributed by atoms with Crippen molar-refractivity contribution < 1.29 is 18.7 Å². The van der Waals surface area contributed by atoms with Crippen LogP contribution < -0.4 is 4.74 Å². The van der Waals surface area contributed by atoms with Crippen molar-refractivity contribution in [3.63, 3.8) is 0 Å². The Kier molecular flexibility index (Phi) is 11.6. The van der Waals surface area contributed by atoms with Crippen LogP contribution in [0, 0.1) is 5.92 Å². The Balaban J connectivity index is 1.37. The van der Waals surface area contributed by atoms with Crippen LogP contribution in [0.2, 0.25) is 0 Å². The molecule has 0 heterocycles. The number of unbranched alkanes of at least 4 members (excludes halogenated alkanes) is 3. The van der Waals surface area contributed by atoms with Crippen LogP contribution in [-0.4, -0.2) is 24.9 Å². The van der Waals surface area contributed by atoms with Crippen molar-refractivity contribution in [2.75, 3.05) is 6.61 Å². The second kappa shape index (κ2) is 14.9. The molecule has 0 radical (unpaired) electrons. The molecular weight excluding hydrogens is 439 g/mol. The maximum absolute atomic E-state index is 13.9. The average Bonchev–Trinajstić information content (AvgIpc) is 2.90. The molecule has 35 heavy (non-hydrogen) atoms. The zero-order chi connectivity index (χ0) is 24.9. The lowest BCUT2D eigenvalue weighted by Gasteiger charge is -2.28. The predicted octanol–water partition coefficient (Wildman–Crippen LogP) is 8.49. The first-order valence-electron chi connectivity index (χ1n) is 13.8. The molecule has 1 aliphatic carbocycles. The highest BCUT2D eigenvalue weighted by atomic mass is 19.1. The van der Waals surface area contributed by atoms with E-state index in [2.05, 4.69) is 55.5 Å². The van der Waals surface area contributed by atoms with Gasteiger partial charge in [-0.2, -0.15) is 0 Å². The molecule has 0 N–H and O–H groups in total. The Bertz CT molecular complexity index is 854. The first-order valence-corrected chi connectivity index (χ1v) is 13.8. The van der Waals surface area contributed by atoms with Gasteiger partial charge in [-0.15, -0.1) is 0 Å². The highest BCUT2D eigenvalue weighted by molar-refractivity contribution is 5.74. The Morgan fingerprint density at radius 3 is 2.14 bits per heavy atom. The minimum atomic E-state index is -1.46. The number of hydrogen-bond acceptors (Lipinski definition) is 3. The first-order chi connectivity index (χ1) is 17.1. The van der Waals surface area contributed by atoms with Crippen molar-refractivity contribution in [3.8, 4) is 16.9 Å². The molecule has 1 atom stereocenters. The smallest absolute Gasteiger partial charge is 0.340 e. The van der Waals surface area contributed by atoms with Gasteiger partial charge in [0, 0.05) is 0 Å². The van der Waals surface area contributed by atoms with Gasteiger partial charge in [0.1, 0.15) is 11.9 Å². The fourth-order valence-electron chi connectivity index (χ4n) is 4.80. The summed E-state index contributed by atoms with van der Waals surface area (Å²) in [6.07, 6.45) is 9.87. The predicted molar refractivity (Wildman–Crippen MR) is 141 cm³/mol. The van der Waals surface area contributed by atoms with Crippen molar-refractivity contribution >= 4 is 5.97 Å². The molecule has 0 aliphatic heterocycles. The number of benzene rings is 2. The van der Waals surface area contributed by atoms with E-state index >= 15 is 0 Å². The number of ether oxygens (including phenoxy) is 2. The van der Waals surface area contributed by atoms with Crippen molar-refractivity contribution in [1.82, 2.24) is 0 Å². The van der Waals surface area contributed by atoms with Crippen LogP contribution in [0.25, 0.3) is 11.1 Å². The molecule has 3 rings (SSSR count). The lowest BCUT2D eigenvalue weighted by Crippen LogP contribution is -2.29. The van der Waals surface area contributed by atoms with Crippen LogP contribution in [0.5, 0.6) is 5.75 Å². The number of carbonyl (C=O) groups is 1. The maximum atomic E-state index is 13.9. The molecule has 0 amide bonds. The van der Waals surface area contributed by atoms with E-state index in [-0.39, 0.29) is 12.5 Å². The van der Waals surface area contributed by atoms with Gasteiger partial charge in [0.25, 0.3) is 0 Å². The fourth-order valence-corrected chi connectivity index (χ4v) is 4.80. The third-order valence-electron chi connectivity index (χ3n) is 7.14. The molecule has 192 valence electrons. The second-order valence-corrected chi connectivity index (χ2v) is 10.0. The molecule has 1 aliphatic rings. The number of aryl methyl sites for hydroxylation is 1. The van der Waals surface area contributed by atoms with Crippen LogP contribution in [0.4, 0.5) is 4.39 Å². The molecular formula is C31H43FO3. The van der Waals surface area contributed by atoms with Crippen molar-refractivity contribution in [2.45, 2.75) is 103 Å². The number of esters is 1. The topological polar surface area (TPSA) is 35.5 Å². The third kappa shape index (κ3) is 9.31. The summed E-state index contributed by atoms with van der Waals surface area (Å²) in [5, 5.41) is 0. The Hall–Kier alpha value is -2.36. The summed E-state index contributed by atoms with van der Waals surface area (Å²) in [6.45, 7) is 4.98. The molecule has 3 nitrogen and oxygen atoms in total. The third-order valence-corrected chi connectivity index (χ3v) is 7.14. The number of carbonyl (C=O) groups excluding carboxylic acids is 1. The normalized spacial score (nSPS) is 18.7. The molecule has 0 unspecified atom stereocenters. The van der Waals surface area contributed by atoms with Crippen molar-refractivity contribution in [1.29, 1.82) is 0 Å². The van der Waals surface area contributed by atoms with Crippen LogP contribution in [0.1, 0.15) is 90.0 Å². The van der Waals surface area contributed by atoms with Crippen LogP contribution in [-0.2, 0) is 16.0 Å². The summed E-state index contributed by atoms with van der Waals surface area (Å²) < 4.78 is 25.1. The summed E-state index contributed by atoms with van der Waals surface area (Å²) in [4.78, 5) is 11.9. The highest BCUT2D eigenvalue weighted by Crippen LogP contribution is 2.30. The van der Waals surface area contributed by atoms with E-state index in [1.807, 2.05) is 6.92 Å². The van der Waals surface area contributed by atoms with E-state index in [0.29, 0.717) is 5.92 Å². The first kappa shape index (κ1) is 27.2. The molecule has 1 saturated carbocycles. The van der Waals surface area contributed by atoms with Gasteiger partial charge in [-0.05, 0) is 86.1 Å². The van der Waals surface area contributed by atoms with Gasteiger partial charge < -0.3 is 9.47 Å². The van der Waals surface area contributed by atoms with Crippen LogP contribution >= 0.6 is 0 Å². The summed E-state index contributed by atoms with van der Waals surface area (Å²) in [6, 6.07) is 17.2. The van der Waals surface area contributed by atoms with Gasteiger partial charge in [-0.1, -0.05) is 75.9 Å². The van der Waals surface area contributed by atoms with E-state index in [1.165, 1.54) is 29.5 Å². The lowest BCUT2D eigenvalue weighted by atomic mass is 9.83. The Morgan fingerprint density at radius 1 is 0.886 bits per heavy atom. The van der Waals surface area contributed by atoms with Gasteiger partial charge in [0.15, 0.2) is 6.17 Å². The minimum absolute atomic E-state index is 0.106. The molecule has 0 bridgehead atoms. The van der Waals surface area contributed by atoms with Crippen LogP contribution in [0.15, 0.2) is 48.5 Å². The second-order valence-electron chi connectivity index (χ2n) is 10.0. The number of alkyl halides is 1. The van der Waals surface area contributed by atoms with Gasteiger partial charge in [0.05, 0.1) is 6.61 Å². The summed E-state index contributed by atoms with van der Waals surface area (Å²) in [7, 11) is 0. The Labute approximate surface area is 211 Å². The van der Waals surface area contributed by atoms with E-state index in [9.17, 15) is 9.18 Å². The van der Waals surface area contributed by atoms with Gasteiger partial charge in [0.2, 0.25) is 0 Å². The monoisotopic (exact) mass is 482 g/mol. The maximum Gasteiger partial charge on any atom is 0.340 e. The summed E-state index contributed by atoms with van der Waals surface area (Å²) in [5.74, 6) is 0.929. The minimum Gasteiger partial charge on any atom is -0.494 e. The molecule has 4 heteroatoms. The molecule has 2 aromatic rings. The van der Waals surface area contributed by atoms with E-state index in [0.717, 1.165) is 70.1 Å². The summed E-state index contributed by atoms with van der Waals surface area (Å²) >= 11 is 0. The largest absolute Gasteiger partial charge is 0.494 e. The van der Waals surface area contributed by atoms with Crippen molar-refractivity contribution in [3.05, 3.63) is 54.1 Å². The molecule has 0 saturated heterocycles.